The maximum atomic E-state index is 5.44. The average molecular weight is 202 g/mol. The molecule has 2 rings (SSSR count). The lowest BCUT2D eigenvalue weighted by Crippen LogP contribution is -1.98. The van der Waals surface area contributed by atoms with Crippen LogP contribution in [0.4, 0.5) is 0 Å². The van der Waals surface area contributed by atoms with Crippen molar-refractivity contribution in [3.05, 3.63) is 47.5 Å². The lowest BCUT2D eigenvalue weighted by atomic mass is 10.1. The largest absolute Gasteiger partial charge is 0.324 e. The molecule has 1 aromatic carbocycles. The van der Waals surface area contributed by atoms with E-state index in [9.17, 15) is 0 Å². The van der Waals surface area contributed by atoms with E-state index in [1.807, 2.05) is 18.2 Å². The second-order valence-electron chi connectivity index (χ2n) is 3.39. The molecule has 0 aliphatic carbocycles. The van der Waals surface area contributed by atoms with Gasteiger partial charge in [-0.25, -0.2) is 4.98 Å². The summed E-state index contributed by atoms with van der Waals surface area (Å²) < 4.78 is 0. The maximum absolute atomic E-state index is 5.44. The molecular formula is C11H14N4. The number of nitrogens with two attached hydrogens (primary N) is 1. The lowest BCUT2D eigenvalue weighted by Gasteiger charge is -1.96. The second kappa shape index (κ2) is 4.70. The molecule has 0 aliphatic heterocycles. The molecule has 2 aromatic rings. The highest BCUT2D eigenvalue weighted by Crippen LogP contribution is 2.03. The Labute approximate surface area is 88.5 Å². The number of nitrogens with one attached hydrogen (secondary N) is 1. The molecular weight excluding hydrogens is 188 g/mol. The van der Waals surface area contributed by atoms with Gasteiger partial charge >= 0.3 is 0 Å². The summed E-state index contributed by atoms with van der Waals surface area (Å²) in [6.45, 7) is 0.415. The monoisotopic (exact) mass is 202 g/mol. The minimum Gasteiger partial charge on any atom is -0.324 e. The van der Waals surface area contributed by atoms with Crippen molar-refractivity contribution in [2.45, 2.75) is 19.4 Å². The van der Waals surface area contributed by atoms with Gasteiger partial charge in [-0.1, -0.05) is 30.3 Å². The van der Waals surface area contributed by atoms with Gasteiger partial charge in [0.25, 0.3) is 0 Å². The van der Waals surface area contributed by atoms with Crippen molar-refractivity contribution in [2.75, 3.05) is 0 Å². The van der Waals surface area contributed by atoms with Crippen LogP contribution in [0, 0.1) is 0 Å². The molecule has 1 aromatic heterocycles. The molecule has 0 fully saturated rings. The van der Waals surface area contributed by atoms with Crippen molar-refractivity contribution >= 4 is 0 Å². The molecule has 0 bridgehead atoms. The third-order valence-electron chi connectivity index (χ3n) is 2.25. The SMILES string of the molecule is NCc1nc(CCc2ccccc2)n[nH]1. The van der Waals surface area contributed by atoms with Crippen LogP contribution in [0.5, 0.6) is 0 Å². The van der Waals surface area contributed by atoms with Gasteiger partial charge in [0.2, 0.25) is 0 Å². The number of aromatic nitrogens is 3. The number of rotatable bonds is 4. The van der Waals surface area contributed by atoms with Gasteiger partial charge in [0.05, 0.1) is 6.54 Å². The molecule has 0 saturated carbocycles. The molecule has 4 heteroatoms. The summed E-state index contributed by atoms with van der Waals surface area (Å²) in [6, 6.07) is 10.3. The van der Waals surface area contributed by atoms with E-state index in [2.05, 4.69) is 27.3 Å². The Morgan fingerprint density at radius 3 is 2.60 bits per heavy atom. The Bertz CT molecular complexity index is 408. The van der Waals surface area contributed by atoms with Crippen LogP contribution in [0.15, 0.2) is 30.3 Å². The van der Waals surface area contributed by atoms with E-state index in [0.29, 0.717) is 6.54 Å². The van der Waals surface area contributed by atoms with Crippen LogP contribution >= 0.6 is 0 Å². The first-order chi connectivity index (χ1) is 7.38. The van der Waals surface area contributed by atoms with Crippen molar-refractivity contribution in [3.8, 4) is 0 Å². The Morgan fingerprint density at radius 2 is 1.93 bits per heavy atom. The molecule has 4 nitrogen and oxygen atoms in total. The van der Waals surface area contributed by atoms with Gasteiger partial charge < -0.3 is 5.73 Å². The molecule has 0 spiro atoms. The van der Waals surface area contributed by atoms with Crippen molar-refractivity contribution in [2.24, 2.45) is 5.73 Å². The number of hydrogen-bond acceptors (Lipinski definition) is 3. The Kier molecular flexibility index (Phi) is 3.09. The molecule has 15 heavy (non-hydrogen) atoms. The number of hydrogen-bond donors (Lipinski definition) is 2. The summed E-state index contributed by atoms with van der Waals surface area (Å²) in [5.41, 5.74) is 6.74. The van der Waals surface area contributed by atoms with E-state index in [1.165, 1.54) is 5.56 Å². The van der Waals surface area contributed by atoms with E-state index >= 15 is 0 Å². The number of H-pyrrole nitrogens is 1. The van der Waals surface area contributed by atoms with Gasteiger partial charge in [-0.3, -0.25) is 5.10 Å². The summed E-state index contributed by atoms with van der Waals surface area (Å²) in [5.74, 6) is 1.58. The van der Waals surface area contributed by atoms with Crippen LogP contribution in [-0.4, -0.2) is 15.2 Å². The third-order valence-corrected chi connectivity index (χ3v) is 2.25. The Morgan fingerprint density at radius 1 is 1.13 bits per heavy atom. The van der Waals surface area contributed by atoms with Crippen LogP contribution in [-0.2, 0) is 19.4 Å². The molecule has 0 amide bonds. The van der Waals surface area contributed by atoms with Gasteiger partial charge in [-0.2, -0.15) is 5.10 Å². The van der Waals surface area contributed by atoms with Crippen molar-refractivity contribution in [1.82, 2.24) is 15.2 Å². The summed E-state index contributed by atoms with van der Waals surface area (Å²) in [4.78, 5) is 4.25. The standard InChI is InChI=1S/C11H14N4/c12-8-11-13-10(14-15-11)7-6-9-4-2-1-3-5-9/h1-5H,6-8,12H2,(H,13,14,15). The zero-order valence-corrected chi connectivity index (χ0v) is 8.48. The minimum atomic E-state index is 0.415. The topological polar surface area (TPSA) is 67.6 Å². The van der Waals surface area contributed by atoms with Gasteiger partial charge in [0.1, 0.15) is 5.82 Å². The fourth-order valence-electron chi connectivity index (χ4n) is 1.44. The van der Waals surface area contributed by atoms with Crippen molar-refractivity contribution in [1.29, 1.82) is 0 Å². The number of aryl methyl sites for hydroxylation is 2. The zero-order valence-electron chi connectivity index (χ0n) is 8.48. The fourth-order valence-corrected chi connectivity index (χ4v) is 1.44. The molecule has 0 radical (unpaired) electrons. The van der Waals surface area contributed by atoms with Crippen LogP contribution in [0.1, 0.15) is 17.2 Å². The van der Waals surface area contributed by atoms with Crippen molar-refractivity contribution < 1.29 is 0 Å². The molecule has 0 saturated heterocycles. The average Bonchev–Trinajstić information content (AvgIpc) is 2.76. The van der Waals surface area contributed by atoms with Crippen LogP contribution < -0.4 is 5.73 Å². The molecule has 3 N–H and O–H groups in total. The summed E-state index contributed by atoms with van der Waals surface area (Å²) in [6.07, 6.45) is 1.81. The number of aromatic amines is 1. The second-order valence-corrected chi connectivity index (χ2v) is 3.39. The predicted octanol–water partition coefficient (Wildman–Crippen LogP) is 1.05. The smallest absolute Gasteiger partial charge is 0.151 e. The quantitative estimate of drug-likeness (QED) is 0.778. The molecule has 1 heterocycles. The summed E-state index contributed by atoms with van der Waals surface area (Å²) >= 11 is 0. The first-order valence-electron chi connectivity index (χ1n) is 5.02. The minimum absolute atomic E-state index is 0.415. The van der Waals surface area contributed by atoms with Crippen molar-refractivity contribution in [3.63, 3.8) is 0 Å². The summed E-state index contributed by atoms with van der Waals surface area (Å²) in [7, 11) is 0. The van der Waals surface area contributed by atoms with E-state index in [-0.39, 0.29) is 0 Å². The fraction of sp³-hybridized carbons (Fsp3) is 0.273. The molecule has 0 atom stereocenters. The number of nitrogens with zero attached hydrogens (tertiary/aromatic N) is 2. The van der Waals surface area contributed by atoms with E-state index in [0.717, 1.165) is 24.5 Å². The van der Waals surface area contributed by atoms with Gasteiger partial charge in [0, 0.05) is 6.42 Å². The van der Waals surface area contributed by atoms with Crippen LogP contribution in [0.2, 0.25) is 0 Å². The predicted molar refractivity (Wildman–Crippen MR) is 58.1 cm³/mol. The number of benzene rings is 1. The van der Waals surface area contributed by atoms with E-state index in [4.69, 9.17) is 5.73 Å². The maximum Gasteiger partial charge on any atom is 0.151 e. The highest BCUT2D eigenvalue weighted by atomic mass is 15.2. The Hall–Kier alpha value is -1.68. The van der Waals surface area contributed by atoms with E-state index in [1.54, 1.807) is 0 Å². The van der Waals surface area contributed by atoms with Crippen LogP contribution in [0.25, 0.3) is 0 Å². The highest BCUT2D eigenvalue weighted by molar-refractivity contribution is 5.15. The first-order valence-corrected chi connectivity index (χ1v) is 5.02. The third kappa shape index (κ3) is 2.63. The molecule has 0 unspecified atom stereocenters. The Balaban J connectivity index is 1.93. The normalized spacial score (nSPS) is 10.5. The molecule has 0 aliphatic rings. The highest BCUT2D eigenvalue weighted by Gasteiger charge is 2.01. The summed E-state index contributed by atoms with van der Waals surface area (Å²) in [5, 5.41) is 6.89. The van der Waals surface area contributed by atoms with Gasteiger partial charge in [0.15, 0.2) is 5.82 Å². The van der Waals surface area contributed by atoms with Gasteiger partial charge in [-0.05, 0) is 12.0 Å². The van der Waals surface area contributed by atoms with Gasteiger partial charge in [-0.15, -0.1) is 0 Å². The lowest BCUT2D eigenvalue weighted by molar-refractivity contribution is 0.865. The zero-order chi connectivity index (χ0) is 10.5. The van der Waals surface area contributed by atoms with E-state index < -0.39 is 0 Å². The van der Waals surface area contributed by atoms with Crippen LogP contribution in [0.3, 0.4) is 0 Å². The first kappa shape index (κ1) is 9.86. The molecule has 78 valence electrons.